The number of anilines is 2. The van der Waals surface area contributed by atoms with E-state index in [9.17, 15) is 22.8 Å². The summed E-state index contributed by atoms with van der Waals surface area (Å²) < 4.78 is 49.5. The van der Waals surface area contributed by atoms with Crippen LogP contribution in [0.1, 0.15) is 5.56 Å². The smallest absolute Gasteiger partial charge is 0.417 e. The molecule has 1 aliphatic heterocycles. The average Bonchev–Trinajstić information content (AvgIpc) is 3.08. The maximum Gasteiger partial charge on any atom is 0.417 e. The third kappa shape index (κ3) is 4.17. The topological polar surface area (TPSA) is 84.9 Å². The van der Waals surface area contributed by atoms with Gasteiger partial charge in [-0.15, -0.1) is 0 Å². The number of urea groups is 1. The number of pyridine rings is 2. The summed E-state index contributed by atoms with van der Waals surface area (Å²) in [6, 6.07) is 9.39. The molecule has 3 amide bonds. The molecule has 164 valence electrons. The lowest BCUT2D eigenvalue weighted by molar-refractivity contribution is -0.137. The third-order valence-corrected chi connectivity index (χ3v) is 4.58. The number of ether oxygens (including phenoxy) is 2. The number of rotatable bonds is 5. The molecule has 0 spiro atoms. The van der Waals surface area contributed by atoms with E-state index in [2.05, 4.69) is 9.97 Å². The van der Waals surface area contributed by atoms with Crippen molar-refractivity contribution >= 4 is 23.3 Å². The molecule has 1 fully saturated rings. The second-order valence-corrected chi connectivity index (χ2v) is 6.66. The molecule has 0 bridgehead atoms. The summed E-state index contributed by atoms with van der Waals surface area (Å²) >= 11 is 0. The molecular formula is C21H15F3N4O4. The molecule has 4 rings (SSSR count). The molecule has 2 aromatic heterocycles. The van der Waals surface area contributed by atoms with Gasteiger partial charge < -0.3 is 9.47 Å². The number of aromatic nitrogens is 2. The highest BCUT2D eigenvalue weighted by Crippen LogP contribution is 2.33. The highest BCUT2D eigenvalue weighted by molar-refractivity contribution is 6.26. The van der Waals surface area contributed by atoms with Crippen LogP contribution in [-0.2, 0) is 11.0 Å². The Bertz CT molecular complexity index is 1150. The number of carbonyl (C=O) groups is 2. The quantitative estimate of drug-likeness (QED) is 0.547. The standard InChI is InChI=1S/C21H15F3N4O4/c1-31-18-7-6-17(11-26-18)32-16-4-2-14(3-5-16)28-19(29)12-27(20(28)30)15-8-13(9-25-10-15)21(22,23)24/h2-11H,12H2,1H3. The summed E-state index contributed by atoms with van der Waals surface area (Å²) in [7, 11) is 1.49. The van der Waals surface area contributed by atoms with Crippen molar-refractivity contribution in [2.45, 2.75) is 6.18 Å². The minimum atomic E-state index is -4.62. The Morgan fingerprint density at radius 2 is 1.66 bits per heavy atom. The zero-order chi connectivity index (χ0) is 22.9. The number of hydrogen-bond acceptors (Lipinski definition) is 6. The van der Waals surface area contributed by atoms with Gasteiger partial charge in [0.15, 0.2) is 0 Å². The van der Waals surface area contributed by atoms with Gasteiger partial charge >= 0.3 is 12.2 Å². The van der Waals surface area contributed by atoms with Crippen LogP contribution < -0.4 is 19.3 Å². The molecule has 0 atom stereocenters. The fourth-order valence-electron chi connectivity index (χ4n) is 3.03. The number of imide groups is 1. The van der Waals surface area contributed by atoms with Gasteiger partial charge in [-0.3, -0.25) is 14.7 Å². The normalized spacial score (nSPS) is 14.1. The van der Waals surface area contributed by atoms with E-state index in [4.69, 9.17) is 9.47 Å². The SMILES string of the molecule is COc1ccc(Oc2ccc(N3C(=O)CN(c4cncc(C(F)(F)F)c4)C3=O)cc2)cn1. The first-order chi connectivity index (χ1) is 15.3. The summed E-state index contributed by atoms with van der Waals surface area (Å²) in [6.07, 6.45) is -1.39. The number of alkyl halides is 3. The van der Waals surface area contributed by atoms with Crippen LogP contribution in [-0.4, -0.2) is 35.6 Å². The predicted octanol–water partition coefficient (Wildman–Crippen LogP) is 4.27. The van der Waals surface area contributed by atoms with E-state index < -0.39 is 30.2 Å². The fraction of sp³-hybridized carbons (Fsp3) is 0.143. The van der Waals surface area contributed by atoms with E-state index in [-0.39, 0.29) is 11.4 Å². The first-order valence-corrected chi connectivity index (χ1v) is 9.21. The van der Waals surface area contributed by atoms with Gasteiger partial charge in [0.2, 0.25) is 5.88 Å². The number of amides is 3. The highest BCUT2D eigenvalue weighted by atomic mass is 19.4. The number of halogens is 3. The van der Waals surface area contributed by atoms with Crippen LogP contribution in [0, 0.1) is 0 Å². The van der Waals surface area contributed by atoms with Crippen molar-refractivity contribution in [2.75, 3.05) is 23.5 Å². The van der Waals surface area contributed by atoms with Gasteiger partial charge in [0.25, 0.3) is 5.91 Å². The second kappa shape index (κ2) is 8.17. The molecule has 1 saturated heterocycles. The van der Waals surface area contributed by atoms with Crippen molar-refractivity contribution in [3.05, 3.63) is 66.6 Å². The summed E-state index contributed by atoms with van der Waals surface area (Å²) in [5.74, 6) is 0.730. The third-order valence-electron chi connectivity index (χ3n) is 4.58. The first-order valence-electron chi connectivity index (χ1n) is 9.21. The van der Waals surface area contributed by atoms with E-state index in [1.165, 1.54) is 25.4 Å². The molecule has 8 nitrogen and oxygen atoms in total. The van der Waals surface area contributed by atoms with E-state index in [0.717, 1.165) is 22.1 Å². The number of methoxy groups -OCH3 is 1. The number of hydrogen-bond donors (Lipinski definition) is 0. The molecule has 0 N–H and O–H groups in total. The van der Waals surface area contributed by atoms with Crippen molar-refractivity contribution in [2.24, 2.45) is 0 Å². The lowest BCUT2D eigenvalue weighted by atomic mass is 10.2. The molecule has 1 aromatic carbocycles. The molecule has 0 radical (unpaired) electrons. The van der Waals surface area contributed by atoms with E-state index >= 15 is 0 Å². The molecule has 0 aliphatic carbocycles. The van der Waals surface area contributed by atoms with E-state index in [1.54, 1.807) is 24.3 Å². The van der Waals surface area contributed by atoms with Crippen molar-refractivity contribution in [1.29, 1.82) is 0 Å². The van der Waals surface area contributed by atoms with Gasteiger partial charge in [0.05, 0.1) is 36.4 Å². The molecule has 0 saturated carbocycles. The first kappa shape index (κ1) is 21.1. The van der Waals surface area contributed by atoms with Crippen molar-refractivity contribution in [1.82, 2.24) is 9.97 Å². The van der Waals surface area contributed by atoms with Crippen LogP contribution in [0.15, 0.2) is 61.1 Å². The maximum absolute atomic E-state index is 13.0. The molecule has 1 aliphatic rings. The van der Waals surface area contributed by atoms with Gasteiger partial charge in [-0.1, -0.05) is 0 Å². The van der Waals surface area contributed by atoms with E-state index in [0.29, 0.717) is 23.6 Å². The lowest BCUT2D eigenvalue weighted by Gasteiger charge is -2.18. The van der Waals surface area contributed by atoms with Gasteiger partial charge in [0, 0.05) is 12.3 Å². The second-order valence-electron chi connectivity index (χ2n) is 6.66. The minimum absolute atomic E-state index is 0.118. The van der Waals surface area contributed by atoms with Crippen LogP contribution in [0.25, 0.3) is 0 Å². The zero-order valence-corrected chi connectivity index (χ0v) is 16.5. The molecular weight excluding hydrogens is 429 g/mol. The Morgan fingerprint density at radius 3 is 2.28 bits per heavy atom. The van der Waals surface area contributed by atoms with Crippen LogP contribution in [0.2, 0.25) is 0 Å². The maximum atomic E-state index is 13.0. The number of carbonyl (C=O) groups excluding carboxylic acids is 2. The largest absolute Gasteiger partial charge is 0.481 e. The summed E-state index contributed by atoms with van der Waals surface area (Å²) in [5.41, 5.74) is -0.876. The summed E-state index contributed by atoms with van der Waals surface area (Å²) in [4.78, 5) is 34.6. The zero-order valence-electron chi connectivity index (χ0n) is 16.5. The Kier molecular flexibility index (Phi) is 5.39. The van der Waals surface area contributed by atoms with E-state index in [1.807, 2.05) is 0 Å². The van der Waals surface area contributed by atoms with Crippen LogP contribution in [0.3, 0.4) is 0 Å². The van der Waals surface area contributed by atoms with Crippen LogP contribution in [0.5, 0.6) is 17.4 Å². The average molecular weight is 444 g/mol. The van der Waals surface area contributed by atoms with Crippen molar-refractivity contribution < 1.29 is 32.2 Å². The molecule has 3 aromatic rings. The van der Waals surface area contributed by atoms with Gasteiger partial charge in [-0.2, -0.15) is 13.2 Å². The molecule has 0 unspecified atom stereocenters. The number of nitrogens with zero attached hydrogens (tertiary/aromatic N) is 4. The van der Waals surface area contributed by atoms with Crippen LogP contribution >= 0.6 is 0 Å². The fourth-order valence-corrected chi connectivity index (χ4v) is 3.03. The molecule has 32 heavy (non-hydrogen) atoms. The minimum Gasteiger partial charge on any atom is -0.481 e. The van der Waals surface area contributed by atoms with Crippen LogP contribution in [0.4, 0.5) is 29.3 Å². The Labute approximate surface area is 179 Å². The van der Waals surface area contributed by atoms with Gasteiger partial charge in [0.1, 0.15) is 18.0 Å². The van der Waals surface area contributed by atoms with Gasteiger partial charge in [-0.05, 0) is 36.4 Å². The monoisotopic (exact) mass is 444 g/mol. The lowest BCUT2D eigenvalue weighted by Crippen LogP contribution is -2.33. The summed E-state index contributed by atoms with van der Waals surface area (Å²) in [5, 5.41) is 0. The Morgan fingerprint density at radius 1 is 0.938 bits per heavy atom. The number of benzene rings is 1. The Balaban J connectivity index is 1.51. The summed E-state index contributed by atoms with van der Waals surface area (Å²) in [6.45, 7) is -0.405. The molecule has 3 heterocycles. The Hall–Kier alpha value is -4.15. The molecule has 11 heteroatoms. The predicted molar refractivity (Wildman–Crippen MR) is 107 cm³/mol. The highest BCUT2D eigenvalue weighted by Gasteiger charge is 2.39. The van der Waals surface area contributed by atoms with Crippen molar-refractivity contribution in [3.8, 4) is 17.4 Å². The van der Waals surface area contributed by atoms with Gasteiger partial charge in [-0.25, -0.2) is 14.7 Å². The van der Waals surface area contributed by atoms with Crippen molar-refractivity contribution in [3.63, 3.8) is 0 Å².